The summed E-state index contributed by atoms with van der Waals surface area (Å²) < 4.78 is 1.07. The van der Waals surface area contributed by atoms with E-state index in [0.29, 0.717) is 5.13 Å². The average molecular weight is 334 g/mol. The zero-order valence-corrected chi connectivity index (χ0v) is 14.4. The van der Waals surface area contributed by atoms with Gasteiger partial charge in [0.2, 0.25) is 0 Å². The molecule has 4 rings (SSSR count). The monoisotopic (exact) mass is 334 g/mol. The van der Waals surface area contributed by atoms with E-state index in [1.807, 2.05) is 56.4 Å². The molecule has 0 amide bonds. The Morgan fingerprint density at radius 3 is 2.54 bits per heavy atom. The van der Waals surface area contributed by atoms with Gasteiger partial charge in [-0.3, -0.25) is 9.97 Å². The summed E-state index contributed by atoms with van der Waals surface area (Å²) in [5, 5.41) is 0.568. The zero-order chi connectivity index (χ0) is 16.9. The van der Waals surface area contributed by atoms with Crippen LogP contribution >= 0.6 is 11.3 Å². The lowest BCUT2D eigenvalue weighted by molar-refractivity contribution is 1.32. The number of fused-ring (bicyclic) bond motifs is 1. The maximum absolute atomic E-state index is 5.90. The first-order valence-electron chi connectivity index (χ1n) is 7.83. The van der Waals surface area contributed by atoms with Crippen molar-refractivity contribution >= 4 is 26.7 Å². The second-order valence-corrected chi connectivity index (χ2v) is 5.91. The fraction of sp³-hybridized carbons (Fsp3) is 0.105. The molecule has 0 spiro atoms. The molecule has 0 fully saturated rings. The van der Waals surface area contributed by atoms with Crippen molar-refractivity contribution in [1.29, 1.82) is 0 Å². The van der Waals surface area contributed by atoms with Crippen LogP contribution in [0.25, 0.3) is 32.6 Å². The van der Waals surface area contributed by atoms with E-state index in [-0.39, 0.29) is 0 Å². The van der Waals surface area contributed by atoms with E-state index in [9.17, 15) is 0 Å². The van der Waals surface area contributed by atoms with Gasteiger partial charge in [0, 0.05) is 35.3 Å². The van der Waals surface area contributed by atoms with Crippen molar-refractivity contribution in [2.75, 3.05) is 5.73 Å². The number of rotatable bonds is 2. The van der Waals surface area contributed by atoms with Crippen LogP contribution in [0.1, 0.15) is 13.8 Å². The highest BCUT2D eigenvalue weighted by Gasteiger charge is 2.12. The summed E-state index contributed by atoms with van der Waals surface area (Å²) in [5.74, 6) is 0. The summed E-state index contributed by atoms with van der Waals surface area (Å²) in [4.78, 5) is 13.1. The lowest BCUT2D eigenvalue weighted by Crippen LogP contribution is -1.86. The maximum atomic E-state index is 5.90. The molecule has 0 atom stereocenters. The number of benzene rings is 1. The van der Waals surface area contributed by atoms with Gasteiger partial charge in [0.15, 0.2) is 5.13 Å². The quantitative estimate of drug-likeness (QED) is 0.558. The summed E-state index contributed by atoms with van der Waals surface area (Å²) >= 11 is 1.50. The second-order valence-electron chi connectivity index (χ2n) is 4.88. The molecular formula is C19H18N4S. The van der Waals surface area contributed by atoms with Gasteiger partial charge >= 0.3 is 0 Å². The molecule has 0 aliphatic rings. The number of thiazole rings is 1. The summed E-state index contributed by atoms with van der Waals surface area (Å²) in [6.07, 6.45) is 5.41. The molecule has 3 heterocycles. The highest BCUT2D eigenvalue weighted by molar-refractivity contribution is 7.22. The van der Waals surface area contributed by atoms with E-state index in [4.69, 9.17) is 5.73 Å². The van der Waals surface area contributed by atoms with Crippen LogP contribution in [-0.2, 0) is 0 Å². The minimum Gasteiger partial charge on any atom is -0.375 e. The molecule has 24 heavy (non-hydrogen) atoms. The number of pyridine rings is 2. The van der Waals surface area contributed by atoms with Gasteiger partial charge in [-0.1, -0.05) is 37.3 Å². The summed E-state index contributed by atoms with van der Waals surface area (Å²) in [5.41, 5.74) is 10.9. The molecule has 0 saturated heterocycles. The molecule has 0 unspecified atom stereocenters. The van der Waals surface area contributed by atoms with Crippen molar-refractivity contribution in [3.8, 4) is 22.4 Å². The normalized spacial score (nSPS) is 10.2. The molecule has 0 aliphatic heterocycles. The smallest absolute Gasteiger partial charge is 0.181 e. The molecule has 120 valence electrons. The van der Waals surface area contributed by atoms with Crippen LogP contribution in [-0.4, -0.2) is 15.0 Å². The minimum absolute atomic E-state index is 0.568. The molecule has 0 aliphatic carbocycles. The Labute approximate surface area is 145 Å². The number of nitrogens with two attached hydrogens (primary N) is 1. The van der Waals surface area contributed by atoms with Gasteiger partial charge in [-0.25, -0.2) is 4.98 Å². The first-order valence-corrected chi connectivity index (χ1v) is 8.65. The van der Waals surface area contributed by atoms with E-state index >= 15 is 0 Å². The van der Waals surface area contributed by atoms with Crippen LogP contribution in [0.15, 0.2) is 61.1 Å². The molecule has 4 aromatic rings. The van der Waals surface area contributed by atoms with Crippen LogP contribution in [0.4, 0.5) is 5.13 Å². The van der Waals surface area contributed by atoms with Gasteiger partial charge in [0.25, 0.3) is 0 Å². The Hall–Kier alpha value is -2.79. The molecule has 0 saturated carbocycles. The van der Waals surface area contributed by atoms with Crippen LogP contribution in [0, 0.1) is 0 Å². The summed E-state index contributed by atoms with van der Waals surface area (Å²) in [6.45, 7) is 4.00. The molecule has 0 bridgehead atoms. The number of nitrogen functional groups attached to an aromatic ring is 1. The van der Waals surface area contributed by atoms with Crippen LogP contribution in [0.3, 0.4) is 0 Å². The average Bonchev–Trinajstić information content (AvgIpc) is 3.04. The van der Waals surface area contributed by atoms with Crippen LogP contribution < -0.4 is 5.73 Å². The standard InChI is InChI=1S/C17H12N4S.C2H6/c18-17-21-15-9-12(14-5-1-2-7-20-14)8-13(16(15)22-17)11-4-3-6-19-10-11;1-2/h1-10H,(H2,18,21);1-2H3. The predicted molar refractivity (Wildman–Crippen MR) is 102 cm³/mol. The van der Waals surface area contributed by atoms with E-state index in [1.165, 1.54) is 11.3 Å². The molecule has 1 aromatic carbocycles. The Balaban J connectivity index is 0.000000815. The topological polar surface area (TPSA) is 64.7 Å². The molecule has 4 nitrogen and oxygen atoms in total. The zero-order valence-electron chi connectivity index (χ0n) is 13.6. The molecule has 0 radical (unpaired) electrons. The largest absolute Gasteiger partial charge is 0.375 e. The number of hydrogen-bond donors (Lipinski definition) is 1. The third-order valence-corrected chi connectivity index (χ3v) is 4.37. The van der Waals surface area contributed by atoms with Gasteiger partial charge in [0.1, 0.15) is 0 Å². The van der Waals surface area contributed by atoms with Gasteiger partial charge in [-0.05, 0) is 30.3 Å². The van der Waals surface area contributed by atoms with E-state index in [0.717, 1.165) is 32.6 Å². The Morgan fingerprint density at radius 2 is 1.83 bits per heavy atom. The summed E-state index contributed by atoms with van der Waals surface area (Å²) in [7, 11) is 0. The fourth-order valence-corrected chi connectivity index (χ4v) is 3.32. The van der Waals surface area contributed by atoms with Gasteiger partial charge in [-0.2, -0.15) is 0 Å². The van der Waals surface area contributed by atoms with Crippen molar-refractivity contribution in [2.24, 2.45) is 0 Å². The van der Waals surface area contributed by atoms with Crippen molar-refractivity contribution in [3.05, 3.63) is 61.1 Å². The minimum atomic E-state index is 0.568. The number of hydrogen-bond acceptors (Lipinski definition) is 5. The second kappa shape index (κ2) is 7.19. The number of aromatic nitrogens is 3. The maximum Gasteiger partial charge on any atom is 0.181 e. The van der Waals surface area contributed by atoms with E-state index in [2.05, 4.69) is 21.0 Å². The molecule has 2 N–H and O–H groups in total. The highest BCUT2D eigenvalue weighted by Crippen LogP contribution is 2.37. The highest BCUT2D eigenvalue weighted by atomic mass is 32.1. The lowest BCUT2D eigenvalue weighted by Gasteiger charge is -2.06. The Bertz CT molecular complexity index is 934. The van der Waals surface area contributed by atoms with Crippen molar-refractivity contribution in [2.45, 2.75) is 13.8 Å². The van der Waals surface area contributed by atoms with Crippen molar-refractivity contribution < 1.29 is 0 Å². The van der Waals surface area contributed by atoms with Crippen LogP contribution in [0.2, 0.25) is 0 Å². The van der Waals surface area contributed by atoms with E-state index in [1.54, 1.807) is 12.4 Å². The Morgan fingerprint density at radius 1 is 0.958 bits per heavy atom. The van der Waals surface area contributed by atoms with Crippen molar-refractivity contribution in [3.63, 3.8) is 0 Å². The third kappa shape index (κ3) is 3.12. The van der Waals surface area contributed by atoms with E-state index < -0.39 is 0 Å². The van der Waals surface area contributed by atoms with Crippen LogP contribution in [0.5, 0.6) is 0 Å². The first-order chi connectivity index (χ1) is 11.8. The predicted octanol–water partition coefficient (Wildman–Crippen LogP) is 5.03. The Kier molecular flexibility index (Phi) is 4.82. The molecule has 5 heteroatoms. The first kappa shape index (κ1) is 16.1. The number of nitrogens with zero attached hydrogens (tertiary/aromatic N) is 3. The third-order valence-electron chi connectivity index (χ3n) is 3.44. The SMILES string of the molecule is CC.Nc1nc2cc(-c3ccccn3)cc(-c3cccnc3)c2s1. The summed E-state index contributed by atoms with van der Waals surface area (Å²) in [6, 6.07) is 14.0. The number of anilines is 1. The van der Waals surface area contributed by atoms with Gasteiger partial charge < -0.3 is 5.73 Å². The molecule has 3 aromatic heterocycles. The fourth-order valence-electron chi connectivity index (χ4n) is 2.47. The van der Waals surface area contributed by atoms with Crippen molar-refractivity contribution in [1.82, 2.24) is 15.0 Å². The van der Waals surface area contributed by atoms with Gasteiger partial charge in [-0.15, -0.1) is 0 Å². The molecular weight excluding hydrogens is 316 g/mol. The lowest BCUT2D eigenvalue weighted by atomic mass is 10.0. The van der Waals surface area contributed by atoms with Gasteiger partial charge in [0.05, 0.1) is 15.9 Å².